The second-order valence-corrected chi connectivity index (χ2v) is 5.05. The van der Waals surface area contributed by atoms with Gasteiger partial charge in [-0.05, 0) is 11.5 Å². The lowest BCUT2D eigenvalue weighted by molar-refractivity contribution is -0.385. The van der Waals surface area contributed by atoms with Crippen LogP contribution in [0.5, 0.6) is 0 Å². The van der Waals surface area contributed by atoms with E-state index in [9.17, 15) is 15.2 Å². The van der Waals surface area contributed by atoms with Crippen molar-refractivity contribution in [1.82, 2.24) is 5.32 Å². The summed E-state index contributed by atoms with van der Waals surface area (Å²) >= 11 is 0. The highest BCUT2D eigenvalue weighted by Gasteiger charge is 2.16. The van der Waals surface area contributed by atoms with Gasteiger partial charge in [0.25, 0.3) is 5.69 Å². The van der Waals surface area contributed by atoms with E-state index in [-0.39, 0.29) is 23.1 Å². The topological polar surface area (TPSA) is 84.6 Å². The molecule has 0 aliphatic carbocycles. The standard InChI is InChI=1S/C14H22N2O4/c1-10(2)13-5-4-11(6-14(13)16(18)19)7-15-8-12(17)9-20-3/h4-6,10,12,15,17H,7-9H2,1-3H3. The smallest absolute Gasteiger partial charge is 0.273 e. The molecular formula is C14H22N2O4. The van der Waals surface area contributed by atoms with Gasteiger partial charge in [-0.25, -0.2) is 0 Å². The van der Waals surface area contributed by atoms with E-state index in [0.29, 0.717) is 13.1 Å². The van der Waals surface area contributed by atoms with Crippen molar-refractivity contribution in [2.75, 3.05) is 20.3 Å². The lowest BCUT2D eigenvalue weighted by Gasteiger charge is -2.12. The van der Waals surface area contributed by atoms with Gasteiger partial charge < -0.3 is 15.2 Å². The third kappa shape index (κ3) is 4.88. The number of nitro groups is 1. The summed E-state index contributed by atoms with van der Waals surface area (Å²) in [7, 11) is 1.53. The molecular weight excluding hydrogens is 260 g/mol. The van der Waals surface area contributed by atoms with Crippen LogP contribution < -0.4 is 5.32 Å². The Labute approximate surface area is 118 Å². The number of methoxy groups -OCH3 is 1. The number of nitrogens with one attached hydrogen (secondary N) is 1. The lowest BCUT2D eigenvalue weighted by atomic mass is 9.99. The van der Waals surface area contributed by atoms with Crippen LogP contribution in [0.3, 0.4) is 0 Å². The molecule has 0 saturated heterocycles. The SMILES string of the molecule is COCC(O)CNCc1ccc(C(C)C)c([N+](=O)[O-])c1. The largest absolute Gasteiger partial charge is 0.389 e. The van der Waals surface area contributed by atoms with E-state index in [2.05, 4.69) is 5.32 Å². The summed E-state index contributed by atoms with van der Waals surface area (Å²) in [4.78, 5) is 10.7. The van der Waals surface area contributed by atoms with Crippen molar-refractivity contribution in [1.29, 1.82) is 0 Å². The Morgan fingerprint density at radius 2 is 2.15 bits per heavy atom. The minimum Gasteiger partial charge on any atom is -0.389 e. The number of ether oxygens (including phenoxy) is 1. The predicted octanol–water partition coefficient (Wildman–Crippen LogP) is 1.82. The highest BCUT2D eigenvalue weighted by molar-refractivity contribution is 5.45. The Morgan fingerprint density at radius 3 is 2.70 bits per heavy atom. The van der Waals surface area contributed by atoms with Crippen LogP contribution in [0.15, 0.2) is 18.2 Å². The number of nitro benzene ring substituents is 1. The molecule has 1 unspecified atom stereocenters. The quantitative estimate of drug-likeness (QED) is 0.561. The number of aliphatic hydroxyl groups excluding tert-OH is 1. The number of rotatable bonds is 8. The molecule has 0 amide bonds. The second kappa shape index (κ2) is 7.94. The Hall–Kier alpha value is -1.50. The maximum absolute atomic E-state index is 11.1. The molecule has 0 aliphatic rings. The molecule has 2 N–H and O–H groups in total. The molecule has 20 heavy (non-hydrogen) atoms. The first kappa shape index (κ1) is 16.6. The lowest BCUT2D eigenvalue weighted by Crippen LogP contribution is -2.29. The van der Waals surface area contributed by atoms with Crippen molar-refractivity contribution >= 4 is 5.69 Å². The van der Waals surface area contributed by atoms with Gasteiger partial charge in [0.2, 0.25) is 0 Å². The molecule has 0 heterocycles. The summed E-state index contributed by atoms with van der Waals surface area (Å²) in [6.07, 6.45) is -0.579. The van der Waals surface area contributed by atoms with Gasteiger partial charge in [0.05, 0.1) is 17.6 Å². The van der Waals surface area contributed by atoms with Crippen molar-refractivity contribution in [3.63, 3.8) is 0 Å². The minimum absolute atomic E-state index is 0.112. The van der Waals surface area contributed by atoms with Gasteiger partial charge in [-0.2, -0.15) is 0 Å². The first-order valence-corrected chi connectivity index (χ1v) is 6.60. The Morgan fingerprint density at radius 1 is 1.45 bits per heavy atom. The van der Waals surface area contributed by atoms with Gasteiger partial charge in [-0.15, -0.1) is 0 Å². The maximum Gasteiger partial charge on any atom is 0.273 e. The van der Waals surface area contributed by atoms with Crippen LogP contribution in [0.4, 0.5) is 5.69 Å². The van der Waals surface area contributed by atoms with E-state index < -0.39 is 6.10 Å². The number of aliphatic hydroxyl groups is 1. The highest BCUT2D eigenvalue weighted by atomic mass is 16.6. The molecule has 112 valence electrons. The van der Waals surface area contributed by atoms with E-state index in [1.165, 1.54) is 7.11 Å². The fraction of sp³-hybridized carbons (Fsp3) is 0.571. The fourth-order valence-electron chi connectivity index (χ4n) is 1.98. The molecule has 0 spiro atoms. The first-order chi connectivity index (χ1) is 9.45. The third-order valence-electron chi connectivity index (χ3n) is 2.98. The van der Waals surface area contributed by atoms with Gasteiger partial charge in [0.1, 0.15) is 0 Å². The minimum atomic E-state index is -0.579. The molecule has 0 radical (unpaired) electrons. The Balaban J connectivity index is 2.68. The van der Waals surface area contributed by atoms with Crippen LogP contribution in [0.25, 0.3) is 0 Å². The Bertz CT molecular complexity index is 449. The van der Waals surface area contributed by atoms with Gasteiger partial charge in [-0.3, -0.25) is 10.1 Å². The summed E-state index contributed by atoms with van der Waals surface area (Å²) in [5.41, 5.74) is 1.71. The fourth-order valence-corrected chi connectivity index (χ4v) is 1.98. The van der Waals surface area contributed by atoms with Crippen LogP contribution in [0, 0.1) is 10.1 Å². The summed E-state index contributed by atoms with van der Waals surface area (Å²) in [6, 6.07) is 5.26. The predicted molar refractivity (Wildman–Crippen MR) is 76.8 cm³/mol. The second-order valence-electron chi connectivity index (χ2n) is 5.05. The number of hydrogen-bond acceptors (Lipinski definition) is 5. The summed E-state index contributed by atoms with van der Waals surface area (Å²) in [6.45, 7) is 4.98. The van der Waals surface area contributed by atoms with E-state index in [4.69, 9.17) is 4.74 Å². The molecule has 6 heteroatoms. The van der Waals surface area contributed by atoms with E-state index >= 15 is 0 Å². The highest BCUT2D eigenvalue weighted by Crippen LogP contribution is 2.27. The van der Waals surface area contributed by atoms with Gasteiger partial charge in [0.15, 0.2) is 0 Å². The van der Waals surface area contributed by atoms with Crippen LogP contribution in [-0.4, -0.2) is 36.4 Å². The molecule has 0 bridgehead atoms. The normalized spacial score (nSPS) is 12.7. The molecule has 0 aromatic heterocycles. The maximum atomic E-state index is 11.1. The molecule has 1 atom stereocenters. The number of hydrogen-bond donors (Lipinski definition) is 2. The third-order valence-corrected chi connectivity index (χ3v) is 2.98. The van der Waals surface area contributed by atoms with Crippen molar-refractivity contribution in [3.05, 3.63) is 39.4 Å². The van der Waals surface area contributed by atoms with Crippen molar-refractivity contribution in [2.45, 2.75) is 32.4 Å². The summed E-state index contributed by atoms with van der Waals surface area (Å²) in [5, 5.41) is 23.6. The molecule has 0 fully saturated rings. The van der Waals surface area contributed by atoms with Crippen LogP contribution in [0.2, 0.25) is 0 Å². The van der Waals surface area contributed by atoms with Crippen LogP contribution >= 0.6 is 0 Å². The zero-order valence-corrected chi connectivity index (χ0v) is 12.1. The van der Waals surface area contributed by atoms with Crippen molar-refractivity contribution in [3.8, 4) is 0 Å². The molecule has 1 aromatic carbocycles. The number of nitrogens with zero attached hydrogens (tertiary/aromatic N) is 1. The Kier molecular flexibility index (Phi) is 6.57. The zero-order chi connectivity index (χ0) is 15.1. The van der Waals surface area contributed by atoms with Gasteiger partial charge >= 0.3 is 0 Å². The van der Waals surface area contributed by atoms with Gasteiger partial charge in [0, 0.05) is 31.8 Å². The average molecular weight is 282 g/mol. The first-order valence-electron chi connectivity index (χ1n) is 6.60. The van der Waals surface area contributed by atoms with Crippen LogP contribution in [0.1, 0.15) is 30.9 Å². The van der Waals surface area contributed by atoms with Crippen molar-refractivity contribution in [2.24, 2.45) is 0 Å². The van der Waals surface area contributed by atoms with Gasteiger partial charge in [-0.1, -0.05) is 26.0 Å². The van der Waals surface area contributed by atoms with E-state index in [0.717, 1.165) is 11.1 Å². The van der Waals surface area contributed by atoms with E-state index in [1.54, 1.807) is 12.1 Å². The monoisotopic (exact) mass is 282 g/mol. The van der Waals surface area contributed by atoms with Crippen molar-refractivity contribution < 1.29 is 14.8 Å². The van der Waals surface area contributed by atoms with Crippen LogP contribution in [-0.2, 0) is 11.3 Å². The van der Waals surface area contributed by atoms with E-state index in [1.807, 2.05) is 19.9 Å². The summed E-state index contributed by atoms with van der Waals surface area (Å²) in [5.74, 6) is 0.112. The summed E-state index contributed by atoms with van der Waals surface area (Å²) < 4.78 is 4.82. The molecule has 0 aliphatic heterocycles. The molecule has 1 rings (SSSR count). The zero-order valence-electron chi connectivity index (χ0n) is 12.1. The number of benzene rings is 1. The average Bonchev–Trinajstić information content (AvgIpc) is 2.38. The molecule has 6 nitrogen and oxygen atoms in total. The molecule has 0 saturated carbocycles. The molecule has 1 aromatic rings.